The maximum absolute atomic E-state index is 9.50. The quantitative estimate of drug-likeness (QED) is 0.477. The van der Waals surface area contributed by atoms with E-state index in [1.807, 2.05) is 13.8 Å². The van der Waals surface area contributed by atoms with Crippen LogP contribution < -0.4 is 5.32 Å². The summed E-state index contributed by atoms with van der Waals surface area (Å²) in [5, 5.41) is 2.53. The second-order valence-electron chi connectivity index (χ2n) is 1.44. The Labute approximate surface area is 37.5 Å². The first-order chi connectivity index (χ1) is 2.77. The third-order valence-electron chi connectivity index (χ3n) is 0.401. The maximum atomic E-state index is 9.50. The highest BCUT2D eigenvalue weighted by atomic mass is 16.1. The number of carbonyl (C=O) groups is 1. The van der Waals surface area contributed by atoms with Gasteiger partial charge in [-0.3, -0.25) is 4.79 Å². The first kappa shape index (κ1) is 5.47. The van der Waals surface area contributed by atoms with E-state index in [0.29, 0.717) is 6.41 Å². The number of rotatable bonds is 2. The molecule has 6 heavy (non-hydrogen) atoms. The van der Waals surface area contributed by atoms with Crippen molar-refractivity contribution in [2.75, 3.05) is 0 Å². The summed E-state index contributed by atoms with van der Waals surface area (Å²) in [5.74, 6) is 0. The van der Waals surface area contributed by atoms with E-state index in [9.17, 15) is 4.79 Å². The summed E-state index contributed by atoms with van der Waals surface area (Å²) in [6.07, 6.45) is 0.699. The molecule has 0 saturated heterocycles. The summed E-state index contributed by atoms with van der Waals surface area (Å²) >= 11 is 0. The van der Waals surface area contributed by atoms with Crippen LogP contribution in [0.15, 0.2) is 0 Å². The highest BCUT2D eigenvalue weighted by molar-refractivity contribution is 5.46. The number of amides is 1. The average Bonchev–Trinajstić information content (AvgIpc) is 1.35. The molecule has 0 rings (SSSR count). The van der Waals surface area contributed by atoms with Crippen LogP contribution in [0.25, 0.3) is 0 Å². The van der Waals surface area contributed by atoms with Crippen molar-refractivity contribution in [3.05, 3.63) is 0 Å². The van der Waals surface area contributed by atoms with Crippen molar-refractivity contribution in [3.63, 3.8) is 0 Å². The van der Waals surface area contributed by atoms with Gasteiger partial charge < -0.3 is 5.32 Å². The molecule has 0 aromatic heterocycles. The summed E-state index contributed by atoms with van der Waals surface area (Å²) in [4.78, 5) is 9.50. The molecule has 0 atom stereocenters. The predicted molar refractivity (Wildman–Crippen MR) is 24.3 cm³/mol. The minimum absolute atomic E-state index is 0.280. The second kappa shape index (κ2) is 2.69. The average molecular weight is 87.1 g/mol. The smallest absolute Gasteiger partial charge is 0.207 e. The van der Waals surface area contributed by atoms with Crippen molar-refractivity contribution in [1.82, 2.24) is 5.32 Å². The van der Waals surface area contributed by atoms with Crippen LogP contribution in [0.5, 0.6) is 0 Å². The van der Waals surface area contributed by atoms with Crippen LogP contribution in [0.2, 0.25) is 0 Å². The SMILES string of the molecule is CC(C)NC=O. The molecule has 0 aliphatic carbocycles. The van der Waals surface area contributed by atoms with Gasteiger partial charge in [0.2, 0.25) is 6.41 Å². The zero-order valence-electron chi connectivity index (χ0n) is 4.06. The molecule has 0 unspecified atom stereocenters. The van der Waals surface area contributed by atoms with Gasteiger partial charge in [-0.2, -0.15) is 0 Å². The van der Waals surface area contributed by atoms with Crippen LogP contribution in [0.4, 0.5) is 0 Å². The van der Waals surface area contributed by atoms with Gasteiger partial charge in [0.25, 0.3) is 0 Å². The Hall–Kier alpha value is -0.530. The third-order valence-corrected chi connectivity index (χ3v) is 0.401. The van der Waals surface area contributed by atoms with Gasteiger partial charge in [-0.15, -0.1) is 0 Å². The van der Waals surface area contributed by atoms with E-state index < -0.39 is 0 Å². The molecule has 0 aromatic carbocycles. The molecule has 1 N–H and O–H groups in total. The van der Waals surface area contributed by atoms with E-state index in [-0.39, 0.29) is 6.04 Å². The fraction of sp³-hybridized carbons (Fsp3) is 0.750. The first-order valence-corrected chi connectivity index (χ1v) is 1.97. The van der Waals surface area contributed by atoms with E-state index >= 15 is 0 Å². The Morgan fingerprint density at radius 2 is 2.17 bits per heavy atom. The summed E-state index contributed by atoms with van der Waals surface area (Å²) in [6, 6.07) is 0.280. The molecule has 0 saturated carbocycles. The topological polar surface area (TPSA) is 29.1 Å². The predicted octanol–water partition coefficient (Wildman–Crippen LogP) is 0.141. The molecule has 2 heteroatoms. The molecule has 0 aliphatic rings. The van der Waals surface area contributed by atoms with Crippen LogP contribution >= 0.6 is 0 Å². The fourth-order valence-electron chi connectivity index (χ4n) is 0.136. The van der Waals surface area contributed by atoms with E-state index in [4.69, 9.17) is 0 Å². The summed E-state index contributed by atoms with van der Waals surface area (Å²) < 4.78 is 0. The Morgan fingerprint density at radius 3 is 2.17 bits per heavy atom. The lowest BCUT2D eigenvalue weighted by molar-refractivity contribution is -0.109. The van der Waals surface area contributed by atoms with E-state index in [1.165, 1.54) is 0 Å². The molecule has 1 amide bonds. The molecular formula is C4H9NO. The molecule has 0 radical (unpaired) electrons. The fourth-order valence-corrected chi connectivity index (χ4v) is 0.136. The standard InChI is InChI=1S/C4H9NO/c1-4(2)5-3-6/h3-4H,1-2H3,(H,5,6). The lowest BCUT2D eigenvalue weighted by Gasteiger charge is -1.96. The van der Waals surface area contributed by atoms with Gasteiger partial charge >= 0.3 is 0 Å². The molecule has 0 aliphatic heterocycles. The molecule has 36 valence electrons. The van der Waals surface area contributed by atoms with Gasteiger partial charge in [-0.05, 0) is 13.8 Å². The highest BCUT2D eigenvalue weighted by Crippen LogP contribution is 1.67. The van der Waals surface area contributed by atoms with Crippen molar-refractivity contribution < 1.29 is 4.79 Å². The molecule has 0 spiro atoms. The van der Waals surface area contributed by atoms with Crippen LogP contribution in [-0.4, -0.2) is 12.5 Å². The van der Waals surface area contributed by atoms with Gasteiger partial charge in [0.15, 0.2) is 0 Å². The molecule has 2 nitrogen and oxygen atoms in total. The van der Waals surface area contributed by atoms with Crippen molar-refractivity contribution in [2.24, 2.45) is 0 Å². The van der Waals surface area contributed by atoms with Crippen LogP contribution in [0, 0.1) is 0 Å². The summed E-state index contributed by atoms with van der Waals surface area (Å²) in [7, 11) is 0. The Morgan fingerprint density at radius 1 is 1.67 bits per heavy atom. The Balaban J connectivity index is 2.81. The van der Waals surface area contributed by atoms with Crippen molar-refractivity contribution >= 4 is 6.41 Å². The molecule has 0 heterocycles. The van der Waals surface area contributed by atoms with Crippen LogP contribution in [0.1, 0.15) is 13.8 Å². The largest absolute Gasteiger partial charge is 0.357 e. The lowest BCUT2D eigenvalue weighted by Crippen LogP contribution is -2.19. The highest BCUT2D eigenvalue weighted by Gasteiger charge is 1.81. The molecule has 0 fully saturated rings. The zero-order chi connectivity index (χ0) is 4.99. The second-order valence-corrected chi connectivity index (χ2v) is 1.44. The van der Waals surface area contributed by atoms with E-state index in [2.05, 4.69) is 5.32 Å². The Bertz CT molecular complexity index is 42.8. The van der Waals surface area contributed by atoms with Crippen LogP contribution in [-0.2, 0) is 4.79 Å². The number of nitrogens with one attached hydrogen (secondary N) is 1. The van der Waals surface area contributed by atoms with Crippen molar-refractivity contribution in [3.8, 4) is 0 Å². The molecule has 0 bridgehead atoms. The maximum Gasteiger partial charge on any atom is 0.207 e. The van der Waals surface area contributed by atoms with Gasteiger partial charge in [0.1, 0.15) is 0 Å². The third kappa shape index (κ3) is 3.47. The van der Waals surface area contributed by atoms with Gasteiger partial charge in [0, 0.05) is 6.04 Å². The normalized spacial score (nSPS) is 8.50. The number of hydrogen-bond donors (Lipinski definition) is 1. The first-order valence-electron chi connectivity index (χ1n) is 1.97. The van der Waals surface area contributed by atoms with Crippen molar-refractivity contribution in [1.29, 1.82) is 0 Å². The zero-order valence-corrected chi connectivity index (χ0v) is 4.06. The van der Waals surface area contributed by atoms with E-state index in [1.54, 1.807) is 0 Å². The number of hydrogen-bond acceptors (Lipinski definition) is 1. The summed E-state index contributed by atoms with van der Waals surface area (Å²) in [6.45, 7) is 3.82. The molecular weight excluding hydrogens is 78.0 g/mol. The van der Waals surface area contributed by atoms with Gasteiger partial charge in [0.05, 0.1) is 0 Å². The Kier molecular flexibility index (Phi) is 2.46. The van der Waals surface area contributed by atoms with Gasteiger partial charge in [-0.1, -0.05) is 0 Å². The van der Waals surface area contributed by atoms with Gasteiger partial charge in [-0.25, -0.2) is 0 Å². The minimum atomic E-state index is 0.280. The van der Waals surface area contributed by atoms with Crippen LogP contribution in [0.3, 0.4) is 0 Å². The monoisotopic (exact) mass is 87.1 g/mol. The minimum Gasteiger partial charge on any atom is -0.357 e. The summed E-state index contributed by atoms with van der Waals surface area (Å²) in [5.41, 5.74) is 0. The lowest BCUT2D eigenvalue weighted by atomic mass is 10.4. The number of carbonyl (C=O) groups excluding carboxylic acids is 1. The van der Waals surface area contributed by atoms with E-state index in [0.717, 1.165) is 0 Å². The van der Waals surface area contributed by atoms with Crippen molar-refractivity contribution in [2.45, 2.75) is 19.9 Å². The molecule has 0 aromatic rings.